The summed E-state index contributed by atoms with van der Waals surface area (Å²) in [6, 6.07) is 11.1. The summed E-state index contributed by atoms with van der Waals surface area (Å²) in [6.45, 7) is 2.14. The van der Waals surface area contributed by atoms with Gasteiger partial charge in [-0.25, -0.2) is 0 Å². The number of nitrogens with two attached hydrogens (primary N) is 1. The number of carbonyl (C=O) groups is 1. The molecule has 4 nitrogen and oxygen atoms in total. The molecular weight excluding hydrogens is 282 g/mol. The van der Waals surface area contributed by atoms with Crippen molar-refractivity contribution in [3.8, 4) is 0 Å². The Morgan fingerprint density at radius 2 is 1.95 bits per heavy atom. The number of aryl methyl sites for hydroxylation is 1. The van der Waals surface area contributed by atoms with E-state index in [-0.39, 0.29) is 10.9 Å². The first-order valence-electron chi connectivity index (χ1n) is 6.76. The molecule has 1 amide bonds. The van der Waals surface area contributed by atoms with Gasteiger partial charge in [0.25, 0.3) is 5.91 Å². The number of rotatable bonds is 5. The molecule has 0 aliphatic heterocycles. The van der Waals surface area contributed by atoms with Gasteiger partial charge in [-0.1, -0.05) is 37.7 Å². The topological polar surface area (TPSA) is 68.0 Å². The number of aromatic nitrogens is 1. The SMILES string of the molecule is CCCc1ccc(NC(=O)c2ccc(C(N)=S)cn2)cc1. The number of carbonyl (C=O) groups excluding carboxylic acids is 1. The number of pyridine rings is 1. The Bertz CT molecular complexity index is 636. The van der Waals surface area contributed by atoms with Crippen LogP contribution in [0.3, 0.4) is 0 Å². The molecule has 0 saturated heterocycles. The summed E-state index contributed by atoms with van der Waals surface area (Å²) >= 11 is 4.85. The van der Waals surface area contributed by atoms with Gasteiger partial charge in [0.2, 0.25) is 0 Å². The molecule has 21 heavy (non-hydrogen) atoms. The zero-order valence-electron chi connectivity index (χ0n) is 11.8. The first-order valence-corrected chi connectivity index (χ1v) is 7.17. The van der Waals surface area contributed by atoms with Crippen LogP contribution in [0.4, 0.5) is 5.69 Å². The molecular formula is C16H17N3OS. The number of benzene rings is 1. The molecule has 2 aromatic rings. The van der Waals surface area contributed by atoms with Crippen LogP contribution in [0.2, 0.25) is 0 Å². The highest BCUT2D eigenvalue weighted by Crippen LogP contribution is 2.12. The summed E-state index contributed by atoms with van der Waals surface area (Å²) < 4.78 is 0. The fourth-order valence-electron chi connectivity index (χ4n) is 1.91. The van der Waals surface area contributed by atoms with E-state index >= 15 is 0 Å². The van der Waals surface area contributed by atoms with Gasteiger partial charge in [-0.2, -0.15) is 0 Å². The van der Waals surface area contributed by atoms with E-state index in [1.165, 1.54) is 11.8 Å². The molecule has 1 heterocycles. The van der Waals surface area contributed by atoms with Gasteiger partial charge in [0.15, 0.2) is 0 Å². The fourth-order valence-corrected chi connectivity index (χ4v) is 2.03. The van der Waals surface area contributed by atoms with Gasteiger partial charge >= 0.3 is 0 Å². The van der Waals surface area contributed by atoms with Crippen molar-refractivity contribution in [1.29, 1.82) is 0 Å². The summed E-state index contributed by atoms with van der Waals surface area (Å²) in [6.07, 6.45) is 3.64. The first-order chi connectivity index (χ1) is 10.1. The summed E-state index contributed by atoms with van der Waals surface area (Å²) in [5, 5.41) is 2.81. The zero-order chi connectivity index (χ0) is 15.2. The minimum Gasteiger partial charge on any atom is -0.389 e. The second-order valence-corrected chi connectivity index (χ2v) is 5.14. The highest BCUT2D eigenvalue weighted by atomic mass is 32.1. The molecule has 0 radical (unpaired) electrons. The molecule has 5 heteroatoms. The van der Waals surface area contributed by atoms with Crippen LogP contribution in [0, 0.1) is 0 Å². The van der Waals surface area contributed by atoms with Gasteiger partial charge in [0.05, 0.1) is 0 Å². The molecule has 3 N–H and O–H groups in total. The Labute approximate surface area is 129 Å². The largest absolute Gasteiger partial charge is 0.389 e. The van der Waals surface area contributed by atoms with E-state index in [9.17, 15) is 4.79 Å². The lowest BCUT2D eigenvalue weighted by molar-refractivity contribution is 0.102. The van der Waals surface area contributed by atoms with Crippen LogP contribution in [0.1, 0.15) is 35.0 Å². The normalized spacial score (nSPS) is 10.1. The predicted molar refractivity (Wildman–Crippen MR) is 88.5 cm³/mol. The van der Waals surface area contributed by atoms with Crippen LogP contribution >= 0.6 is 12.2 Å². The lowest BCUT2D eigenvalue weighted by Gasteiger charge is -2.06. The van der Waals surface area contributed by atoms with Gasteiger partial charge in [-0.05, 0) is 36.2 Å². The van der Waals surface area contributed by atoms with E-state index < -0.39 is 0 Å². The summed E-state index contributed by atoms with van der Waals surface area (Å²) in [4.78, 5) is 16.4. The number of nitrogens with zero attached hydrogens (tertiary/aromatic N) is 1. The summed E-state index contributed by atoms with van der Waals surface area (Å²) in [7, 11) is 0. The predicted octanol–water partition coefficient (Wildman–Crippen LogP) is 2.92. The Balaban J connectivity index is 2.05. The number of hydrogen-bond donors (Lipinski definition) is 2. The Hall–Kier alpha value is -2.27. The van der Waals surface area contributed by atoms with Crippen molar-refractivity contribution in [1.82, 2.24) is 4.98 Å². The number of anilines is 1. The number of nitrogens with one attached hydrogen (secondary N) is 1. The first kappa shape index (κ1) is 15.1. The maximum atomic E-state index is 12.1. The van der Waals surface area contributed by atoms with Crippen molar-refractivity contribution in [3.63, 3.8) is 0 Å². The molecule has 0 atom stereocenters. The van der Waals surface area contributed by atoms with Crippen molar-refractivity contribution in [2.45, 2.75) is 19.8 Å². The number of hydrogen-bond acceptors (Lipinski definition) is 3. The van der Waals surface area contributed by atoms with Gasteiger partial charge in [0.1, 0.15) is 10.7 Å². The van der Waals surface area contributed by atoms with Crippen LogP contribution in [-0.4, -0.2) is 15.9 Å². The quantitative estimate of drug-likeness (QED) is 0.833. The van der Waals surface area contributed by atoms with E-state index in [2.05, 4.69) is 17.2 Å². The van der Waals surface area contributed by atoms with Crippen LogP contribution in [-0.2, 0) is 6.42 Å². The van der Waals surface area contributed by atoms with E-state index in [0.29, 0.717) is 11.3 Å². The molecule has 1 aromatic carbocycles. The average molecular weight is 299 g/mol. The van der Waals surface area contributed by atoms with Crippen LogP contribution in [0.25, 0.3) is 0 Å². The number of thiocarbonyl (C=S) groups is 1. The summed E-state index contributed by atoms with van der Waals surface area (Å²) in [5.41, 5.74) is 8.47. The van der Waals surface area contributed by atoms with Crippen LogP contribution in [0.15, 0.2) is 42.6 Å². The van der Waals surface area contributed by atoms with Crippen molar-refractivity contribution >= 4 is 28.8 Å². The highest BCUT2D eigenvalue weighted by Gasteiger charge is 2.08. The van der Waals surface area contributed by atoms with Crippen molar-refractivity contribution in [2.24, 2.45) is 5.73 Å². The maximum Gasteiger partial charge on any atom is 0.274 e. The lowest BCUT2D eigenvalue weighted by atomic mass is 10.1. The third kappa shape index (κ3) is 4.10. The van der Waals surface area contributed by atoms with Crippen molar-refractivity contribution < 1.29 is 4.79 Å². The second-order valence-electron chi connectivity index (χ2n) is 4.70. The molecule has 0 unspecified atom stereocenters. The minimum atomic E-state index is -0.257. The molecule has 1 aromatic heterocycles. The molecule has 0 saturated carbocycles. The molecule has 0 spiro atoms. The van der Waals surface area contributed by atoms with Gasteiger partial charge in [0, 0.05) is 17.4 Å². The van der Waals surface area contributed by atoms with Crippen LogP contribution in [0.5, 0.6) is 0 Å². The van der Waals surface area contributed by atoms with Gasteiger partial charge in [-0.15, -0.1) is 0 Å². The second kappa shape index (κ2) is 6.95. The van der Waals surface area contributed by atoms with E-state index in [4.69, 9.17) is 18.0 Å². The highest BCUT2D eigenvalue weighted by molar-refractivity contribution is 7.80. The standard InChI is InChI=1S/C16H17N3OS/c1-2-3-11-4-7-13(8-5-11)19-16(20)14-9-6-12(10-18-14)15(17)21/h4-10H,2-3H2,1H3,(H2,17,21)(H,19,20). The van der Waals surface area contributed by atoms with Crippen molar-refractivity contribution in [2.75, 3.05) is 5.32 Å². The number of amides is 1. The third-order valence-electron chi connectivity index (χ3n) is 3.03. The fraction of sp³-hybridized carbons (Fsp3) is 0.188. The minimum absolute atomic E-state index is 0.257. The van der Waals surface area contributed by atoms with Crippen LogP contribution < -0.4 is 11.1 Å². The lowest BCUT2D eigenvalue weighted by Crippen LogP contribution is -2.15. The average Bonchev–Trinajstić information content (AvgIpc) is 2.49. The van der Waals surface area contributed by atoms with E-state index in [0.717, 1.165) is 18.5 Å². The molecule has 0 bridgehead atoms. The third-order valence-corrected chi connectivity index (χ3v) is 3.27. The molecule has 108 valence electrons. The molecule has 2 rings (SSSR count). The Morgan fingerprint density at radius 1 is 1.24 bits per heavy atom. The summed E-state index contributed by atoms with van der Waals surface area (Å²) in [5.74, 6) is -0.257. The molecule has 0 fully saturated rings. The molecule has 0 aliphatic rings. The smallest absolute Gasteiger partial charge is 0.274 e. The van der Waals surface area contributed by atoms with Gasteiger partial charge in [-0.3, -0.25) is 9.78 Å². The monoisotopic (exact) mass is 299 g/mol. The maximum absolute atomic E-state index is 12.1. The Kier molecular flexibility index (Phi) is 5.00. The van der Waals surface area contributed by atoms with Crippen molar-refractivity contribution in [3.05, 3.63) is 59.4 Å². The van der Waals surface area contributed by atoms with E-state index in [1.54, 1.807) is 12.1 Å². The zero-order valence-corrected chi connectivity index (χ0v) is 12.6. The van der Waals surface area contributed by atoms with E-state index in [1.807, 2.05) is 24.3 Å². The molecule has 0 aliphatic carbocycles. The Morgan fingerprint density at radius 3 is 2.48 bits per heavy atom. The van der Waals surface area contributed by atoms with Gasteiger partial charge < -0.3 is 11.1 Å².